The van der Waals surface area contributed by atoms with Crippen molar-refractivity contribution in [2.45, 2.75) is 39.2 Å². The van der Waals surface area contributed by atoms with E-state index in [1.807, 2.05) is 12.4 Å². The lowest BCUT2D eigenvalue weighted by Gasteiger charge is -2.17. The van der Waals surface area contributed by atoms with Gasteiger partial charge in [-0.1, -0.05) is 6.07 Å². The Bertz CT molecular complexity index is 274. The van der Waals surface area contributed by atoms with E-state index in [9.17, 15) is 0 Å². The Kier molecular flexibility index (Phi) is 3.04. The van der Waals surface area contributed by atoms with E-state index >= 15 is 0 Å². The number of pyridine rings is 1. The van der Waals surface area contributed by atoms with Crippen molar-refractivity contribution in [3.8, 4) is 0 Å². The highest BCUT2D eigenvalue weighted by Crippen LogP contribution is 2.10. The van der Waals surface area contributed by atoms with Crippen LogP contribution in [-0.4, -0.2) is 10.5 Å². The second-order valence-electron chi connectivity index (χ2n) is 4.36. The van der Waals surface area contributed by atoms with Gasteiger partial charge in [-0.3, -0.25) is 4.98 Å². The molecule has 0 aromatic carbocycles. The fraction of sp³-hybridized carbons (Fsp3) is 0.545. The number of rotatable bonds is 3. The maximum atomic E-state index is 5.90. The average molecular weight is 178 g/mol. The van der Waals surface area contributed by atoms with E-state index in [4.69, 9.17) is 5.73 Å². The quantitative estimate of drug-likeness (QED) is 0.769. The normalized spacial score (nSPS) is 11.7. The van der Waals surface area contributed by atoms with Gasteiger partial charge >= 0.3 is 0 Å². The lowest BCUT2D eigenvalue weighted by molar-refractivity contribution is 0.476. The molecule has 2 heteroatoms. The van der Waals surface area contributed by atoms with E-state index < -0.39 is 0 Å². The van der Waals surface area contributed by atoms with Crippen LogP contribution in [0.25, 0.3) is 0 Å². The van der Waals surface area contributed by atoms with E-state index in [0.29, 0.717) is 0 Å². The molecule has 0 aliphatic carbocycles. The zero-order chi connectivity index (χ0) is 9.90. The van der Waals surface area contributed by atoms with E-state index in [2.05, 4.69) is 31.8 Å². The smallest absolute Gasteiger partial charge is 0.0300 e. The summed E-state index contributed by atoms with van der Waals surface area (Å²) < 4.78 is 0. The number of nitrogens with two attached hydrogens (primary N) is 1. The van der Waals surface area contributed by atoms with E-state index in [1.54, 1.807) is 0 Å². The molecule has 0 fully saturated rings. The van der Waals surface area contributed by atoms with Gasteiger partial charge in [0.2, 0.25) is 0 Å². The first-order valence-corrected chi connectivity index (χ1v) is 4.67. The van der Waals surface area contributed by atoms with Gasteiger partial charge in [-0.05, 0) is 44.7 Å². The Balaban J connectivity index is 2.55. The number of aromatic nitrogens is 1. The maximum absolute atomic E-state index is 5.90. The standard InChI is InChI=1S/C11H18N2/c1-9-6-10(8-13-7-9)4-5-11(2,3)12/h6-8H,4-5,12H2,1-3H3. The van der Waals surface area contributed by atoms with E-state index in [0.717, 1.165) is 12.8 Å². The fourth-order valence-electron chi connectivity index (χ4n) is 1.22. The minimum atomic E-state index is -0.0796. The molecular formula is C11H18N2. The Morgan fingerprint density at radius 2 is 2.08 bits per heavy atom. The molecule has 0 atom stereocenters. The lowest BCUT2D eigenvalue weighted by Crippen LogP contribution is -2.32. The zero-order valence-corrected chi connectivity index (χ0v) is 8.67. The van der Waals surface area contributed by atoms with Gasteiger partial charge in [-0.2, -0.15) is 0 Å². The van der Waals surface area contributed by atoms with Crippen LogP contribution in [0.4, 0.5) is 0 Å². The van der Waals surface area contributed by atoms with Gasteiger partial charge in [0.25, 0.3) is 0 Å². The molecule has 1 rings (SSSR count). The Morgan fingerprint density at radius 3 is 2.62 bits per heavy atom. The topological polar surface area (TPSA) is 38.9 Å². The maximum Gasteiger partial charge on any atom is 0.0300 e. The first-order valence-electron chi connectivity index (χ1n) is 4.67. The molecule has 2 N–H and O–H groups in total. The van der Waals surface area contributed by atoms with Crippen LogP contribution in [0.15, 0.2) is 18.5 Å². The molecule has 1 heterocycles. The lowest BCUT2D eigenvalue weighted by atomic mass is 9.97. The molecule has 72 valence electrons. The summed E-state index contributed by atoms with van der Waals surface area (Å²) in [4.78, 5) is 4.14. The third-order valence-electron chi connectivity index (χ3n) is 1.99. The molecule has 0 spiro atoms. The first kappa shape index (κ1) is 10.2. The number of hydrogen-bond acceptors (Lipinski definition) is 2. The van der Waals surface area contributed by atoms with Crippen LogP contribution in [0.5, 0.6) is 0 Å². The average Bonchev–Trinajstić information content (AvgIpc) is 2.00. The molecule has 0 radical (unpaired) electrons. The summed E-state index contributed by atoms with van der Waals surface area (Å²) in [5, 5.41) is 0. The number of hydrogen-bond donors (Lipinski definition) is 1. The molecule has 1 aromatic heterocycles. The van der Waals surface area contributed by atoms with Gasteiger partial charge in [0.05, 0.1) is 0 Å². The summed E-state index contributed by atoms with van der Waals surface area (Å²) in [5.74, 6) is 0. The third-order valence-corrected chi connectivity index (χ3v) is 1.99. The molecule has 0 saturated heterocycles. The van der Waals surface area contributed by atoms with Crippen molar-refractivity contribution in [2.75, 3.05) is 0 Å². The van der Waals surface area contributed by atoms with E-state index in [-0.39, 0.29) is 5.54 Å². The summed E-state index contributed by atoms with van der Waals surface area (Å²) in [6.07, 6.45) is 5.80. The molecule has 1 aromatic rings. The van der Waals surface area contributed by atoms with Crippen molar-refractivity contribution in [1.82, 2.24) is 4.98 Å². The van der Waals surface area contributed by atoms with Crippen molar-refractivity contribution >= 4 is 0 Å². The van der Waals surface area contributed by atoms with Crippen LogP contribution in [0.2, 0.25) is 0 Å². The summed E-state index contributed by atoms with van der Waals surface area (Å²) in [6, 6.07) is 2.17. The van der Waals surface area contributed by atoms with Crippen molar-refractivity contribution in [3.05, 3.63) is 29.6 Å². The van der Waals surface area contributed by atoms with Crippen molar-refractivity contribution < 1.29 is 0 Å². The third kappa shape index (κ3) is 4.04. The van der Waals surface area contributed by atoms with Crippen LogP contribution < -0.4 is 5.73 Å². The van der Waals surface area contributed by atoms with Crippen LogP contribution in [-0.2, 0) is 6.42 Å². The predicted octanol–water partition coefficient (Wildman–Crippen LogP) is 2.06. The Morgan fingerprint density at radius 1 is 1.38 bits per heavy atom. The highest BCUT2D eigenvalue weighted by atomic mass is 14.7. The second kappa shape index (κ2) is 3.88. The van der Waals surface area contributed by atoms with Crippen LogP contribution in [0.3, 0.4) is 0 Å². The molecule has 0 bridgehead atoms. The number of aryl methyl sites for hydroxylation is 2. The summed E-state index contributed by atoms with van der Waals surface area (Å²) in [5.41, 5.74) is 8.31. The molecule has 13 heavy (non-hydrogen) atoms. The zero-order valence-electron chi connectivity index (χ0n) is 8.67. The minimum Gasteiger partial charge on any atom is -0.326 e. The monoisotopic (exact) mass is 178 g/mol. The van der Waals surface area contributed by atoms with Gasteiger partial charge in [0.15, 0.2) is 0 Å². The van der Waals surface area contributed by atoms with Gasteiger partial charge in [0.1, 0.15) is 0 Å². The first-order chi connectivity index (χ1) is 5.97. The molecule has 0 saturated carbocycles. The van der Waals surface area contributed by atoms with Crippen LogP contribution in [0, 0.1) is 6.92 Å². The highest BCUT2D eigenvalue weighted by Gasteiger charge is 2.10. The molecule has 0 amide bonds. The SMILES string of the molecule is Cc1cncc(CCC(C)(C)N)c1. The van der Waals surface area contributed by atoms with Crippen molar-refractivity contribution in [3.63, 3.8) is 0 Å². The van der Waals surface area contributed by atoms with Gasteiger partial charge < -0.3 is 5.73 Å². The summed E-state index contributed by atoms with van der Waals surface area (Å²) in [6.45, 7) is 6.16. The molecule has 0 aliphatic rings. The Labute approximate surface area is 80.2 Å². The van der Waals surface area contributed by atoms with Crippen molar-refractivity contribution in [2.24, 2.45) is 5.73 Å². The molecular weight excluding hydrogens is 160 g/mol. The fourth-order valence-corrected chi connectivity index (χ4v) is 1.22. The summed E-state index contributed by atoms with van der Waals surface area (Å²) >= 11 is 0. The largest absolute Gasteiger partial charge is 0.326 e. The van der Waals surface area contributed by atoms with E-state index in [1.165, 1.54) is 11.1 Å². The van der Waals surface area contributed by atoms with Gasteiger partial charge in [-0.25, -0.2) is 0 Å². The molecule has 0 aliphatic heterocycles. The minimum absolute atomic E-state index is 0.0796. The van der Waals surface area contributed by atoms with Gasteiger partial charge in [0, 0.05) is 17.9 Å². The van der Waals surface area contributed by atoms with Crippen LogP contribution >= 0.6 is 0 Å². The van der Waals surface area contributed by atoms with Gasteiger partial charge in [-0.15, -0.1) is 0 Å². The highest BCUT2D eigenvalue weighted by molar-refractivity contribution is 5.16. The number of nitrogens with zero attached hydrogens (tertiary/aromatic N) is 1. The Hall–Kier alpha value is -0.890. The van der Waals surface area contributed by atoms with Crippen molar-refractivity contribution in [1.29, 1.82) is 0 Å². The van der Waals surface area contributed by atoms with Crippen LogP contribution in [0.1, 0.15) is 31.4 Å². The molecule has 0 unspecified atom stereocenters. The molecule has 2 nitrogen and oxygen atoms in total. The predicted molar refractivity (Wildman–Crippen MR) is 55.6 cm³/mol. The summed E-state index contributed by atoms with van der Waals surface area (Å²) in [7, 11) is 0. The second-order valence-corrected chi connectivity index (χ2v) is 4.36.